The maximum atomic E-state index is 13.3. The van der Waals surface area contributed by atoms with Gasteiger partial charge in [0.1, 0.15) is 18.7 Å². The number of ether oxygens (including phenoxy) is 1. The molecule has 3 unspecified atom stereocenters. The minimum absolute atomic E-state index is 0.0397. The number of nitrogens with one attached hydrogen (secondary N) is 1. The molecule has 1 N–H and O–H groups in total. The number of fused-ring (bicyclic) bond motifs is 1. The average molecular weight is 378 g/mol. The third kappa shape index (κ3) is 4.15. The van der Waals surface area contributed by atoms with E-state index in [1.165, 1.54) is 11.3 Å². The summed E-state index contributed by atoms with van der Waals surface area (Å²) in [6.07, 6.45) is 1.90. The number of thiophene rings is 1. The zero-order chi connectivity index (χ0) is 18.9. The highest BCUT2D eigenvalue weighted by molar-refractivity contribution is 7.12. The Labute approximate surface area is 157 Å². The molecule has 0 saturated carbocycles. The van der Waals surface area contributed by atoms with Crippen LogP contribution in [0.3, 0.4) is 0 Å². The molecule has 0 spiro atoms. The number of rotatable bonds is 4. The van der Waals surface area contributed by atoms with Crippen LogP contribution in [-0.4, -0.2) is 53.8 Å². The van der Waals surface area contributed by atoms with E-state index in [-0.39, 0.29) is 35.7 Å². The molecule has 3 heterocycles. The zero-order valence-corrected chi connectivity index (χ0v) is 16.3. The Morgan fingerprint density at radius 3 is 2.85 bits per heavy atom. The Morgan fingerprint density at radius 2 is 2.19 bits per heavy atom. The minimum atomic E-state index is -0.656. The first-order valence-electron chi connectivity index (χ1n) is 9.05. The molecule has 2 fully saturated rings. The first-order chi connectivity index (χ1) is 12.3. The Hall–Kier alpha value is -1.73. The fourth-order valence-corrected chi connectivity index (χ4v) is 4.31. The van der Waals surface area contributed by atoms with Crippen molar-refractivity contribution in [1.29, 1.82) is 0 Å². The van der Waals surface area contributed by atoms with E-state index in [1.807, 2.05) is 32.2 Å². The molecule has 2 aliphatic rings. The third-order valence-corrected chi connectivity index (χ3v) is 5.66. The van der Waals surface area contributed by atoms with Crippen LogP contribution in [-0.2, 0) is 14.3 Å². The number of ketones is 1. The summed E-state index contributed by atoms with van der Waals surface area (Å²) in [5.74, 6) is -0.467. The third-order valence-electron chi connectivity index (χ3n) is 4.79. The van der Waals surface area contributed by atoms with E-state index in [0.717, 1.165) is 12.8 Å². The van der Waals surface area contributed by atoms with Gasteiger partial charge >= 0.3 is 0 Å². The van der Waals surface area contributed by atoms with Crippen LogP contribution in [0, 0.1) is 5.41 Å². The molecule has 26 heavy (non-hydrogen) atoms. The van der Waals surface area contributed by atoms with Gasteiger partial charge in [0, 0.05) is 6.54 Å². The van der Waals surface area contributed by atoms with Crippen molar-refractivity contribution in [3.63, 3.8) is 0 Å². The minimum Gasteiger partial charge on any atom is -0.368 e. The highest BCUT2D eigenvalue weighted by atomic mass is 32.1. The maximum absolute atomic E-state index is 13.3. The van der Waals surface area contributed by atoms with E-state index in [9.17, 15) is 14.4 Å². The molecule has 142 valence electrons. The highest BCUT2D eigenvalue weighted by Crippen LogP contribution is 2.29. The monoisotopic (exact) mass is 378 g/mol. The number of hydrogen-bond acceptors (Lipinski definition) is 5. The van der Waals surface area contributed by atoms with E-state index in [1.54, 1.807) is 11.0 Å². The van der Waals surface area contributed by atoms with Gasteiger partial charge in [0.15, 0.2) is 5.78 Å². The lowest BCUT2D eigenvalue weighted by Crippen LogP contribution is -2.58. The lowest BCUT2D eigenvalue weighted by molar-refractivity contribution is -0.143. The molecule has 2 saturated heterocycles. The number of piperidine rings is 1. The van der Waals surface area contributed by atoms with Crippen LogP contribution in [0.25, 0.3) is 0 Å². The second-order valence-corrected chi connectivity index (χ2v) is 9.15. The molecular weight excluding hydrogens is 352 g/mol. The van der Waals surface area contributed by atoms with Crippen molar-refractivity contribution in [2.75, 3.05) is 13.2 Å². The molecule has 2 amide bonds. The first-order valence-corrected chi connectivity index (χ1v) is 9.93. The fourth-order valence-electron chi connectivity index (χ4n) is 3.69. The number of amides is 2. The van der Waals surface area contributed by atoms with Crippen molar-refractivity contribution in [3.05, 3.63) is 22.4 Å². The van der Waals surface area contributed by atoms with Crippen molar-refractivity contribution < 1.29 is 19.1 Å². The van der Waals surface area contributed by atoms with Gasteiger partial charge < -0.3 is 15.0 Å². The fraction of sp³-hybridized carbons (Fsp3) is 0.632. The summed E-state index contributed by atoms with van der Waals surface area (Å²) in [4.78, 5) is 40.2. The van der Waals surface area contributed by atoms with Crippen molar-refractivity contribution in [2.45, 2.75) is 58.2 Å². The summed E-state index contributed by atoms with van der Waals surface area (Å²) in [6, 6.07) is 2.39. The summed E-state index contributed by atoms with van der Waals surface area (Å²) >= 11 is 1.34. The van der Waals surface area contributed by atoms with Gasteiger partial charge in [-0.3, -0.25) is 14.4 Å². The van der Waals surface area contributed by atoms with Crippen molar-refractivity contribution in [1.82, 2.24) is 10.2 Å². The topological polar surface area (TPSA) is 75.7 Å². The number of hydrogen-bond donors (Lipinski definition) is 1. The summed E-state index contributed by atoms with van der Waals surface area (Å²) in [6.45, 7) is 6.71. The van der Waals surface area contributed by atoms with Gasteiger partial charge in [-0.2, -0.15) is 0 Å². The van der Waals surface area contributed by atoms with Gasteiger partial charge in [0.25, 0.3) is 5.91 Å². The largest absolute Gasteiger partial charge is 0.368 e. The van der Waals surface area contributed by atoms with E-state index >= 15 is 0 Å². The normalized spacial score (nSPS) is 24.3. The molecule has 1 aromatic heterocycles. The van der Waals surface area contributed by atoms with Crippen molar-refractivity contribution in [2.24, 2.45) is 5.41 Å². The van der Waals surface area contributed by atoms with E-state index in [0.29, 0.717) is 17.8 Å². The van der Waals surface area contributed by atoms with Crippen molar-refractivity contribution >= 4 is 28.9 Å². The number of carbonyl (C=O) groups excluding carboxylic acids is 3. The summed E-state index contributed by atoms with van der Waals surface area (Å²) in [5.41, 5.74) is -0.144. The second kappa shape index (κ2) is 7.48. The van der Waals surface area contributed by atoms with E-state index < -0.39 is 12.1 Å². The highest BCUT2D eigenvalue weighted by Gasteiger charge is 2.46. The van der Waals surface area contributed by atoms with Gasteiger partial charge in [-0.05, 0) is 36.1 Å². The van der Waals surface area contributed by atoms with Crippen LogP contribution < -0.4 is 5.32 Å². The van der Waals surface area contributed by atoms with Crippen LogP contribution in [0.4, 0.5) is 0 Å². The van der Waals surface area contributed by atoms with E-state index in [4.69, 9.17) is 4.74 Å². The van der Waals surface area contributed by atoms with Crippen molar-refractivity contribution in [3.8, 4) is 0 Å². The lowest BCUT2D eigenvalue weighted by Gasteiger charge is -2.38. The molecule has 0 aliphatic carbocycles. The molecule has 7 heteroatoms. The van der Waals surface area contributed by atoms with Gasteiger partial charge in [0.2, 0.25) is 5.91 Å². The molecule has 3 atom stereocenters. The SMILES string of the molecule is CC(C)(C)CC(NC(=O)c1cccs1)C(=O)N1CCCC2OCC(=O)C21. The molecular formula is C19H26N2O4S. The average Bonchev–Trinajstić information content (AvgIpc) is 3.22. The first kappa shape index (κ1) is 19.0. The standard InChI is InChI=1S/C19H26N2O4S/c1-19(2,3)10-12(20-17(23)15-7-5-9-26-15)18(24)21-8-4-6-14-16(21)13(22)11-25-14/h5,7,9,12,14,16H,4,6,8,10-11H2,1-3H3,(H,20,23). The number of Topliss-reactive ketones (excluding diaryl/α,β-unsaturated/α-hetero) is 1. The van der Waals surface area contributed by atoms with Gasteiger partial charge in [0.05, 0.1) is 11.0 Å². The van der Waals surface area contributed by atoms with E-state index in [2.05, 4.69) is 5.32 Å². The second-order valence-electron chi connectivity index (χ2n) is 8.20. The molecule has 6 nitrogen and oxygen atoms in total. The number of likely N-dealkylation sites (tertiary alicyclic amines) is 1. The van der Waals surface area contributed by atoms with Crippen LogP contribution in [0.2, 0.25) is 0 Å². The Morgan fingerprint density at radius 1 is 1.42 bits per heavy atom. The smallest absolute Gasteiger partial charge is 0.261 e. The Bertz CT molecular complexity index is 680. The predicted molar refractivity (Wildman–Crippen MR) is 99.1 cm³/mol. The van der Waals surface area contributed by atoms with Gasteiger partial charge in [-0.15, -0.1) is 11.3 Å². The van der Waals surface area contributed by atoms with Gasteiger partial charge in [-0.1, -0.05) is 26.8 Å². The molecule has 0 radical (unpaired) electrons. The predicted octanol–water partition coefficient (Wildman–Crippen LogP) is 2.24. The van der Waals surface area contributed by atoms with Crippen LogP contribution >= 0.6 is 11.3 Å². The van der Waals surface area contributed by atoms with Crippen LogP contribution in [0.15, 0.2) is 17.5 Å². The summed E-state index contributed by atoms with van der Waals surface area (Å²) in [5, 5.41) is 4.73. The number of carbonyl (C=O) groups is 3. The summed E-state index contributed by atoms with van der Waals surface area (Å²) in [7, 11) is 0. The van der Waals surface area contributed by atoms with Crippen LogP contribution in [0.5, 0.6) is 0 Å². The quantitative estimate of drug-likeness (QED) is 0.872. The molecule has 3 rings (SSSR count). The summed E-state index contributed by atoms with van der Waals surface area (Å²) < 4.78 is 5.54. The number of nitrogens with zero attached hydrogens (tertiary/aromatic N) is 1. The van der Waals surface area contributed by atoms with Gasteiger partial charge in [-0.25, -0.2) is 0 Å². The molecule has 2 aliphatic heterocycles. The Kier molecular flexibility index (Phi) is 5.48. The molecule has 0 aromatic carbocycles. The molecule has 0 bridgehead atoms. The maximum Gasteiger partial charge on any atom is 0.261 e. The molecule has 1 aromatic rings. The lowest BCUT2D eigenvalue weighted by atomic mass is 9.86. The zero-order valence-electron chi connectivity index (χ0n) is 15.5. The Balaban J connectivity index is 1.79. The van der Waals surface area contributed by atoms with Crippen LogP contribution in [0.1, 0.15) is 49.7 Å².